The molecule has 0 aliphatic carbocycles. The second kappa shape index (κ2) is 1.46. The number of H-pyrrole nitrogens is 1. The van der Waals surface area contributed by atoms with E-state index in [0.29, 0.717) is 0 Å². The van der Waals surface area contributed by atoms with Crippen molar-refractivity contribution in [1.29, 1.82) is 5.53 Å². The molecule has 0 fully saturated rings. The van der Waals surface area contributed by atoms with Crippen molar-refractivity contribution < 1.29 is 0 Å². The quantitative estimate of drug-likeness (QED) is 0.499. The Morgan fingerprint density at radius 1 is 1.86 bits per heavy atom. The van der Waals surface area contributed by atoms with Gasteiger partial charge >= 0.3 is 0 Å². The van der Waals surface area contributed by atoms with Gasteiger partial charge in [0.25, 0.3) is 5.95 Å². The molecule has 0 saturated heterocycles. The van der Waals surface area contributed by atoms with E-state index in [2.05, 4.69) is 20.3 Å². The van der Waals surface area contributed by atoms with Crippen LogP contribution >= 0.6 is 0 Å². The van der Waals surface area contributed by atoms with Gasteiger partial charge in [-0.2, -0.15) is 10.1 Å². The Kier molecular flexibility index (Phi) is 0.816. The van der Waals surface area contributed by atoms with E-state index in [1.807, 2.05) is 0 Å². The zero-order chi connectivity index (χ0) is 5.11. The van der Waals surface area contributed by atoms with Gasteiger partial charge in [0.05, 0.1) is 0 Å². The van der Waals surface area contributed by atoms with Gasteiger partial charge in [-0.1, -0.05) is 0 Å². The summed E-state index contributed by atoms with van der Waals surface area (Å²) < 4.78 is 0. The van der Waals surface area contributed by atoms with Crippen molar-refractivity contribution in [3.8, 4) is 0 Å². The van der Waals surface area contributed by atoms with Crippen LogP contribution in [-0.2, 0) is 0 Å². The smallest absolute Gasteiger partial charge is 0.242 e. The van der Waals surface area contributed by atoms with Crippen LogP contribution in [0.4, 0.5) is 5.95 Å². The third-order valence-corrected chi connectivity index (χ3v) is 0.508. The highest BCUT2D eigenvalue weighted by Crippen LogP contribution is 1.93. The van der Waals surface area contributed by atoms with Crippen molar-refractivity contribution in [2.45, 2.75) is 0 Å². The lowest BCUT2D eigenvalue weighted by Gasteiger charge is -1.68. The molecule has 5 heteroatoms. The number of hydrogen-bond acceptors (Lipinski definition) is 4. The van der Waals surface area contributed by atoms with E-state index >= 15 is 0 Å². The van der Waals surface area contributed by atoms with Crippen molar-refractivity contribution >= 4 is 5.95 Å². The summed E-state index contributed by atoms with van der Waals surface area (Å²) >= 11 is 0. The van der Waals surface area contributed by atoms with Gasteiger partial charge in [-0.05, 0) is 0 Å². The first kappa shape index (κ1) is 3.91. The van der Waals surface area contributed by atoms with Crippen molar-refractivity contribution in [2.75, 3.05) is 0 Å². The summed E-state index contributed by atoms with van der Waals surface area (Å²) in [7, 11) is 0. The van der Waals surface area contributed by atoms with E-state index in [0.717, 1.165) is 0 Å². The highest BCUT2D eigenvalue weighted by atomic mass is 15.3. The minimum Gasteiger partial charge on any atom is -0.242 e. The molecule has 2 N–H and O–H groups in total. The molecule has 0 bridgehead atoms. The Balaban J connectivity index is 2.96. The standard InChI is InChI=1S/C2H3N5/c3-6-2-4-1-5-7-2/h1,3H,(H,4,5,7). The molecule has 0 aromatic carbocycles. The predicted molar refractivity (Wildman–Crippen MR) is 21.2 cm³/mol. The Hall–Kier alpha value is -1.26. The number of hydrogen-bond donors (Lipinski definition) is 2. The van der Waals surface area contributed by atoms with Gasteiger partial charge in [0.2, 0.25) is 0 Å². The van der Waals surface area contributed by atoms with E-state index < -0.39 is 0 Å². The SMILES string of the molecule is N=Nc1ncn[nH]1. The van der Waals surface area contributed by atoms with Gasteiger partial charge < -0.3 is 0 Å². The largest absolute Gasteiger partial charge is 0.264 e. The molecule has 1 heterocycles. The lowest BCUT2D eigenvalue weighted by Crippen LogP contribution is -1.61. The average molecular weight is 97.1 g/mol. The van der Waals surface area contributed by atoms with Crippen LogP contribution in [0.2, 0.25) is 0 Å². The summed E-state index contributed by atoms with van der Waals surface area (Å²) in [6.45, 7) is 0. The molecule has 5 nitrogen and oxygen atoms in total. The highest BCUT2D eigenvalue weighted by molar-refractivity contribution is 5.04. The molecule has 0 aliphatic heterocycles. The summed E-state index contributed by atoms with van der Waals surface area (Å²) in [5, 5.41) is 8.77. The fourth-order valence-corrected chi connectivity index (χ4v) is 0.253. The number of aromatic nitrogens is 3. The van der Waals surface area contributed by atoms with Crippen LogP contribution in [0.3, 0.4) is 0 Å². The fraction of sp³-hybridized carbons (Fsp3) is 0. The molecule has 0 spiro atoms. The molecule has 7 heavy (non-hydrogen) atoms. The predicted octanol–water partition coefficient (Wildman–Crippen LogP) is 0.467. The average Bonchev–Trinajstić information content (AvgIpc) is 2.14. The molecule has 1 aromatic rings. The van der Waals surface area contributed by atoms with Gasteiger partial charge in [-0.15, -0.1) is 5.11 Å². The molecular weight excluding hydrogens is 94.1 g/mol. The first-order chi connectivity index (χ1) is 3.43. The third-order valence-electron chi connectivity index (χ3n) is 0.508. The fourth-order valence-electron chi connectivity index (χ4n) is 0.253. The van der Waals surface area contributed by atoms with Crippen molar-refractivity contribution in [3.63, 3.8) is 0 Å². The minimum atomic E-state index is 0.236. The van der Waals surface area contributed by atoms with Crippen LogP contribution in [-0.4, -0.2) is 15.2 Å². The Bertz CT molecular complexity index is 141. The van der Waals surface area contributed by atoms with Crippen molar-refractivity contribution in [2.24, 2.45) is 5.11 Å². The molecule has 1 aromatic heterocycles. The van der Waals surface area contributed by atoms with Crippen LogP contribution in [0, 0.1) is 5.53 Å². The van der Waals surface area contributed by atoms with E-state index in [4.69, 9.17) is 5.53 Å². The number of nitrogens with zero attached hydrogens (tertiary/aromatic N) is 3. The summed E-state index contributed by atoms with van der Waals surface area (Å²) in [5.41, 5.74) is 6.35. The molecule has 36 valence electrons. The maximum absolute atomic E-state index is 6.35. The lowest BCUT2D eigenvalue weighted by atomic mass is 11.1. The number of nitrogens with one attached hydrogen (secondary N) is 2. The Morgan fingerprint density at radius 3 is 3.00 bits per heavy atom. The maximum atomic E-state index is 6.35. The van der Waals surface area contributed by atoms with Crippen LogP contribution in [0.15, 0.2) is 11.4 Å². The number of aromatic amines is 1. The van der Waals surface area contributed by atoms with Crippen molar-refractivity contribution in [3.05, 3.63) is 6.33 Å². The van der Waals surface area contributed by atoms with Gasteiger partial charge in [-0.25, -0.2) is 10.6 Å². The van der Waals surface area contributed by atoms with E-state index in [-0.39, 0.29) is 5.95 Å². The zero-order valence-corrected chi connectivity index (χ0v) is 3.42. The van der Waals surface area contributed by atoms with Gasteiger partial charge in [-0.3, -0.25) is 0 Å². The van der Waals surface area contributed by atoms with Gasteiger partial charge in [0, 0.05) is 0 Å². The molecule has 0 amide bonds. The maximum Gasteiger partial charge on any atom is 0.264 e. The molecule has 0 aliphatic rings. The summed E-state index contributed by atoms with van der Waals surface area (Å²) in [6, 6.07) is 0. The first-order valence-electron chi connectivity index (χ1n) is 1.66. The number of rotatable bonds is 1. The minimum absolute atomic E-state index is 0.236. The zero-order valence-electron chi connectivity index (χ0n) is 3.42. The van der Waals surface area contributed by atoms with Gasteiger partial charge in [0.15, 0.2) is 0 Å². The lowest BCUT2D eigenvalue weighted by molar-refractivity contribution is 1.02. The second-order valence-corrected chi connectivity index (χ2v) is 0.921. The van der Waals surface area contributed by atoms with Crippen LogP contribution in [0.25, 0.3) is 0 Å². The normalized spacial score (nSPS) is 8.57. The molecular formula is C2H3N5. The summed E-state index contributed by atoms with van der Waals surface area (Å²) in [4.78, 5) is 3.51. The van der Waals surface area contributed by atoms with Gasteiger partial charge in [0.1, 0.15) is 6.33 Å². The summed E-state index contributed by atoms with van der Waals surface area (Å²) in [6.07, 6.45) is 1.30. The monoisotopic (exact) mass is 97.0 g/mol. The van der Waals surface area contributed by atoms with E-state index in [1.54, 1.807) is 0 Å². The van der Waals surface area contributed by atoms with Crippen molar-refractivity contribution in [1.82, 2.24) is 15.2 Å². The highest BCUT2D eigenvalue weighted by Gasteiger charge is 1.82. The molecule has 0 saturated carbocycles. The second-order valence-electron chi connectivity index (χ2n) is 0.921. The molecule has 0 radical (unpaired) electrons. The molecule has 1 rings (SSSR count). The Morgan fingerprint density at radius 2 is 2.71 bits per heavy atom. The van der Waals surface area contributed by atoms with E-state index in [1.165, 1.54) is 6.33 Å². The Labute approximate surface area is 39.3 Å². The van der Waals surface area contributed by atoms with E-state index in [9.17, 15) is 0 Å². The summed E-state index contributed by atoms with van der Waals surface area (Å²) in [5.74, 6) is 0.236. The van der Waals surface area contributed by atoms with Crippen LogP contribution in [0.5, 0.6) is 0 Å². The molecule has 0 unspecified atom stereocenters. The van der Waals surface area contributed by atoms with Crippen LogP contribution in [0.1, 0.15) is 0 Å². The van der Waals surface area contributed by atoms with Crippen LogP contribution < -0.4 is 0 Å². The molecule has 0 atom stereocenters. The third kappa shape index (κ3) is 0.594. The topological polar surface area (TPSA) is 77.8 Å². The first-order valence-corrected chi connectivity index (χ1v) is 1.66.